The van der Waals surface area contributed by atoms with Crippen molar-refractivity contribution < 1.29 is 9.84 Å². The second-order valence-electron chi connectivity index (χ2n) is 5.11. The van der Waals surface area contributed by atoms with Crippen LogP contribution in [0, 0.1) is 20.8 Å². The number of aliphatic hydroxyl groups excluding tert-OH is 1. The van der Waals surface area contributed by atoms with Crippen LogP contribution in [0.2, 0.25) is 5.02 Å². The largest absolute Gasteiger partial charge is 0.496 e. The van der Waals surface area contributed by atoms with Crippen molar-refractivity contribution in [2.45, 2.75) is 26.9 Å². The van der Waals surface area contributed by atoms with Crippen LogP contribution in [0.3, 0.4) is 0 Å². The third-order valence-electron chi connectivity index (χ3n) is 3.53. The fourth-order valence-electron chi connectivity index (χ4n) is 2.35. The van der Waals surface area contributed by atoms with E-state index < -0.39 is 6.10 Å². The van der Waals surface area contributed by atoms with Crippen molar-refractivity contribution in [3.05, 3.63) is 63.2 Å². The van der Waals surface area contributed by atoms with Crippen molar-refractivity contribution in [3.8, 4) is 5.75 Å². The number of ether oxygens (including phenoxy) is 1. The van der Waals surface area contributed by atoms with Gasteiger partial charge in [0.15, 0.2) is 0 Å². The first-order valence-electron chi connectivity index (χ1n) is 6.53. The van der Waals surface area contributed by atoms with E-state index in [1.54, 1.807) is 7.11 Å². The lowest BCUT2D eigenvalue weighted by atomic mass is 9.95. The Hall–Kier alpha value is -1.51. The summed E-state index contributed by atoms with van der Waals surface area (Å²) in [4.78, 5) is 0. The number of hydrogen-bond donors (Lipinski definition) is 1. The van der Waals surface area contributed by atoms with Crippen LogP contribution in [-0.2, 0) is 0 Å². The molecule has 0 spiro atoms. The fraction of sp³-hybridized carbons (Fsp3) is 0.294. The molecule has 0 aliphatic rings. The molecule has 1 N–H and O–H groups in total. The molecule has 0 aromatic heterocycles. The van der Waals surface area contributed by atoms with Gasteiger partial charge in [0.2, 0.25) is 0 Å². The van der Waals surface area contributed by atoms with Crippen molar-refractivity contribution in [1.82, 2.24) is 0 Å². The highest BCUT2D eigenvalue weighted by molar-refractivity contribution is 6.31. The van der Waals surface area contributed by atoms with Gasteiger partial charge in [0.25, 0.3) is 0 Å². The van der Waals surface area contributed by atoms with E-state index in [9.17, 15) is 5.11 Å². The molecular formula is C17H19ClO2. The second-order valence-corrected chi connectivity index (χ2v) is 5.51. The zero-order valence-electron chi connectivity index (χ0n) is 12.2. The maximum absolute atomic E-state index is 10.6. The Morgan fingerprint density at radius 2 is 1.70 bits per heavy atom. The van der Waals surface area contributed by atoms with Crippen LogP contribution in [0.5, 0.6) is 5.75 Å². The minimum Gasteiger partial charge on any atom is -0.496 e. The number of benzene rings is 2. The summed E-state index contributed by atoms with van der Waals surface area (Å²) < 4.78 is 5.30. The van der Waals surface area contributed by atoms with Crippen LogP contribution in [0.15, 0.2) is 30.3 Å². The molecule has 1 atom stereocenters. The predicted octanol–water partition coefficient (Wildman–Crippen LogP) is 4.36. The maximum atomic E-state index is 10.6. The molecule has 0 saturated heterocycles. The van der Waals surface area contributed by atoms with Gasteiger partial charge < -0.3 is 9.84 Å². The van der Waals surface area contributed by atoms with Crippen molar-refractivity contribution in [1.29, 1.82) is 0 Å². The second kappa shape index (κ2) is 5.86. The number of halogens is 1. The molecule has 1 unspecified atom stereocenters. The van der Waals surface area contributed by atoms with Crippen LogP contribution >= 0.6 is 11.6 Å². The molecule has 0 saturated carbocycles. The molecule has 0 fully saturated rings. The zero-order chi connectivity index (χ0) is 14.9. The summed E-state index contributed by atoms with van der Waals surface area (Å²) in [5.74, 6) is 0.827. The molecule has 3 heteroatoms. The summed E-state index contributed by atoms with van der Waals surface area (Å²) in [7, 11) is 1.65. The molecule has 0 aliphatic carbocycles. The molecule has 2 nitrogen and oxygen atoms in total. The first-order chi connectivity index (χ1) is 9.43. The molecule has 20 heavy (non-hydrogen) atoms. The number of hydrogen-bond acceptors (Lipinski definition) is 2. The Bertz CT molecular complexity index is 635. The van der Waals surface area contributed by atoms with Crippen LogP contribution in [-0.4, -0.2) is 12.2 Å². The summed E-state index contributed by atoms with van der Waals surface area (Å²) in [5.41, 5.74) is 4.64. The van der Waals surface area contributed by atoms with Crippen LogP contribution in [0.4, 0.5) is 0 Å². The molecule has 2 rings (SSSR count). The van der Waals surface area contributed by atoms with E-state index in [4.69, 9.17) is 16.3 Å². The van der Waals surface area contributed by atoms with Crippen molar-refractivity contribution in [2.24, 2.45) is 0 Å². The van der Waals surface area contributed by atoms with Crippen LogP contribution in [0.25, 0.3) is 0 Å². The minimum atomic E-state index is -0.729. The summed E-state index contributed by atoms with van der Waals surface area (Å²) in [6, 6.07) is 9.59. The Labute approximate surface area is 125 Å². The lowest BCUT2D eigenvalue weighted by molar-refractivity contribution is 0.219. The molecule has 0 amide bonds. The molecule has 2 aromatic rings. The molecule has 106 valence electrons. The number of methoxy groups -OCH3 is 1. The van der Waals surface area contributed by atoms with E-state index in [-0.39, 0.29) is 0 Å². The number of aliphatic hydroxyl groups is 1. The van der Waals surface area contributed by atoms with Crippen LogP contribution in [0.1, 0.15) is 33.9 Å². The molecular weight excluding hydrogens is 272 g/mol. The molecule has 2 aromatic carbocycles. The van der Waals surface area contributed by atoms with Gasteiger partial charge in [0, 0.05) is 10.6 Å². The predicted molar refractivity (Wildman–Crippen MR) is 82.7 cm³/mol. The summed E-state index contributed by atoms with van der Waals surface area (Å²) in [6.07, 6.45) is -0.729. The topological polar surface area (TPSA) is 29.5 Å². The van der Waals surface area contributed by atoms with E-state index in [1.807, 2.05) is 51.1 Å². The number of rotatable bonds is 3. The van der Waals surface area contributed by atoms with Crippen molar-refractivity contribution >= 4 is 11.6 Å². The van der Waals surface area contributed by atoms with Gasteiger partial charge in [-0.3, -0.25) is 0 Å². The Morgan fingerprint density at radius 3 is 2.30 bits per heavy atom. The zero-order valence-corrected chi connectivity index (χ0v) is 13.0. The van der Waals surface area contributed by atoms with E-state index >= 15 is 0 Å². The minimum absolute atomic E-state index is 0.588. The summed E-state index contributed by atoms with van der Waals surface area (Å²) in [6.45, 7) is 5.90. The van der Waals surface area contributed by atoms with E-state index in [1.165, 1.54) is 0 Å². The Morgan fingerprint density at radius 1 is 1.00 bits per heavy atom. The monoisotopic (exact) mass is 290 g/mol. The van der Waals surface area contributed by atoms with Gasteiger partial charge in [-0.1, -0.05) is 23.7 Å². The Balaban J connectivity index is 2.48. The van der Waals surface area contributed by atoms with E-state index in [0.717, 1.165) is 33.6 Å². The third kappa shape index (κ3) is 2.82. The molecule has 0 bridgehead atoms. The maximum Gasteiger partial charge on any atom is 0.122 e. The van der Waals surface area contributed by atoms with Gasteiger partial charge in [0.05, 0.1) is 7.11 Å². The van der Waals surface area contributed by atoms with Gasteiger partial charge in [-0.15, -0.1) is 0 Å². The van der Waals surface area contributed by atoms with E-state index in [0.29, 0.717) is 5.02 Å². The van der Waals surface area contributed by atoms with Gasteiger partial charge in [-0.25, -0.2) is 0 Å². The highest BCUT2D eigenvalue weighted by atomic mass is 35.5. The lowest BCUT2D eigenvalue weighted by Crippen LogP contribution is -2.04. The van der Waals surface area contributed by atoms with Gasteiger partial charge in [-0.05, 0) is 61.2 Å². The highest BCUT2D eigenvalue weighted by Crippen LogP contribution is 2.33. The van der Waals surface area contributed by atoms with Crippen LogP contribution < -0.4 is 4.74 Å². The average molecular weight is 291 g/mol. The third-order valence-corrected chi connectivity index (χ3v) is 3.86. The molecule has 0 aliphatic heterocycles. The van der Waals surface area contributed by atoms with Gasteiger partial charge in [0.1, 0.15) is 11.9 Å². The summed E-state index contributed by atoms with van der Waals surface area (Å²) >= 11 is 6.24. The van der Waals surface area contributed by atoms with Crippen molar-refractivity contribution in [2.75, 3.05) is 7.11 Å². The van der Waals surface area contributed by atoms with Gasteiger partial charge in [-0.2, -0.15) is 0 Å². The smallest absolute Gasteiger partial charge is 0.122 e. The first-order valence-corrected chi connectivity index (χ1v) is 6.91. The lowest BCUT2D eigenvalue weighted by Gasteiger charge is -2.18. The quantitative estimate of drug-likeness (QED) is 0.910. The Kier molecular flexibility index (Phi) is 4.36. The molecule has 0 heterocycles. The van der Waals surface area contributed by atoms with Gasteiger partial charge >= 0.3 is 0 Å². The SMILES string of the molecule is COc1cc(C)c(C(O)c2ccc(C)cc2Cl)cc1C. The highest BCUT2D eigenvalue weighted by Gasteiger charge is 2.17. The van der Waals surface area contributed by atoms with Crippen molar-refractivity contribution in [3.63, 3.8) is 0 Å². The fourth-order valence-corrected chi connectivity index (χ4v) is 2.69. The summed E-state index contributed by atoms with van der Waals surface area (Å²) in [5, 5.41) is 11.2. The average Bonchev–Trinajstić information content (AvgIpc) is 2.40. The normalized spacial score (nSPS) is 12.3. The number of aryl methyl sites for hydroxylation is 3. The van der Waals surface area contributed by atoms with E-state index in [2.05, 4.69) is 0 Å². The first kappa shape index (κ1) is 14.9. The molecule has 0 radical (unpaired) electrons. The standard InChI is InChI=1S/C17H19ClO2/c1-10-5-6-13(15(18)7-10)17(19)14-8-12(3)16(20-4)9-11(14)2/h5-9,17,19H,1-4H3.